The number of hydrogen-bond donors (Lipinski definition) is 1. The monoisotopic (exact) mass is 363 g/mol. The van der Waals surface area contributed by atoms with Crippen molar-refractivity contribution in [3.63, 3.8) is 0 Å². The van der Waals surface area contributed by atoms with Crippen LogP contribution < -0.4 is 10.2 Å². The van der Waals surface area contributed by atoms with Crippen molar-refractivity contribution >= 4 is 11.4 Å². The van der Waals surface area contributed by atoms with E-state index in [1.807, 2.05) is 31.2 Å². The predicted octanol–water partition coefficient (Wildman–Crippen LogP) is 3.41. The Labute approximate surface area is 159 Å². The van der Waals surface area contributed by atoms with Gasteiger partial charge in [0, 0.05) is 43.1 Å². The normalized spacial score (nSPS) is 15.1. The zero-order valence-corrected chi connectivity index (χ0v) is 15.9. The number of anilines is 2. The number of nitrogens with one attached hydrogen (secondary N) is 1. The molecule has 4 rings (SSSR count). The maximum atomic E-state index is 5.78. The van der Waals surface area contributed by atoms with Crippen LogP contribution in [0, 0.1) is 6.92 Å². The summed E-state index contributed by atoms with van der Waals surface area (Å²) in [5.41, 5.74) is 4.44. The molecule has 3 aromatic rings. The van der Waals surface area contributed by atoms with Gasteiger partial charge in [0.05, 0.1) is 6.54 Å². The summed E-state index contributed by atoms with van der Waals surface area (Å²) in [4.78, 5) is 4.79. The van der Waals surface area contributed by atoms with E-state index in [0.717, 1.165) is 37.4 Å². The van der Waals surface area contributed by atoms with Crippen molar-refractivity contribution in [2.24, 2.45) is 0 Å². The Bertz CT molecular complexity index is 882. The van der Waals surface area contributed by atoms with Gasteiger partial charge in [-0.3, -0.25) is 0 Å². The predicted molar refractivity (Wildman–Crippen MR) is 108 cm³/mol. The van der Waals surface area contributed by atoms with Crippen LogP contribution in [0.15, 0.2) is 52.9 Å². The van der Waals surface area contributed by atoms with Crippen LogP contribution in [0.5, 0.6) is 0 Å². The molecule has 1 N–H and O–H groups in total. The second-order valence-corrected chi connectivity index (χ2v) is 7.06. The minimum Gasteiger partial charge on any atom is -0.419 e. The van der Waals surface area contributed by atoms with E-state index >= 15 is 0 Å². The third-order valence-electron chi connectivity index (χ3n) is 4.91. The molecular formula is C21H25N5O. The minimum atomic E-state index is 0.507. The maximum absolute atomic E-state index is 5.78. The summed E-state index contributed by atoms with van der Waals surface area (Å²) in [5.74, 6) is 1.13. The van der Waals surface area contributed by atoms with Gasteiger partial charge in [-0.05, 0) is 50.4 Å². The summed E-state index contributed by atoms with van der Waals surface area (Å²) < 4.78 is 5.78. The van der Waals surface area contributed by atoms with E-state index in [9.17, 15) is 0 Å². The number of nitrogens with zero attached hydrogens (tertiary/aromatic N) is 4. The number of aromatic nitrogens is 2. The average molecular weight is 363 g/mol. The molecular weight excluding hydrogens is 338 g/mol. The van der Waals surface area contributed by atoms with Crippen molar-refractivity contribution in [3.8, 4) is 11.5 Å². The number of rotatable bonds is 5. The molecule has 0 amide bonds. The quantitative estimate of drug-likeness (QED) is 0.750. The first kappa shape index (κ1) is 17.5. The molecule has 6 heteroatoms. The van der Waals surface area contributed by atoms with E-state index in [1.54, 1.807) is 0 Å². The van der Waals surface area contributed by atoms with Crippen LogP contribution in [0.1, 0.15) is 11.5 Å². The third-order valence-corrected chi connectivity index (χ3v) is 4.91. The maximum Gasteiger partial charge on any atom is 0.247 e. The molecule has 2 heterocycles. The van der Waals surface area contributed by atoms with Crippen molar-refractivity contribution in [3.05, 3.63) is 60.0 Å². The van der Waals surface area contributed by atoms with E-state index in [2.05, 4.69) is 56.6 Å². The Morgan fingerprint density at radius 1 is 1.00 bits per heavy atom. The SMILES string of the molecule is Cc1cccc(-c2nnc(CNc3ccc(N4CCN(C)CC4)cc3)o2)c1. The van der Waals surface area contributed by atoms with Crippen molar-refractivity contribution in [1.82, 2.24) is 15.1 Å². The van der Waals surface area contributed by atoms with Gasteiger partial charge in [-0.15, -0.1) is 10.2 Å². The number of likely N-dealkylation sites (N-methyl/N-ethyl adjacent to an activating group) is 1. The molecule has 0 spiro atoms. The molecule has 0 radical (unpaired) electrons. The largest absolute Gasteiger partial charge is 0.419 e. The van der Waals surface area contributed by atoms with Gasteiger partial charge in [-0.2, -0.15) is 0 Å². The number of aryl methyl sites for hydroxylation is 1. The molecule has 1 saturated heterocycles. The lowest BCUT2D eigenvalue weighted by Crippen LogP contribution is -2.44. The van der Waals surface area contributed by atoms with Gasteiger partial charge in [-0.25, -0.2) is 0 Å². The van der Waals surface area contributed by atoms with Crippen molar-refractivity contribution in [2.75, 3.05) is 43.4 Å². The summed E-state index contributed by atoms with van der Waals surface area (Å²) in [6.07, 6.45) is 0. The van der Waals surface area contributed by atoms with Crippen LogP contribution >= 0.6 is 0 Å². The van der Waals surface area contributed by atoms with E-state index in [1.165, 1.54) is 11.3 Å². The van der Waals surface area contributed by atoms with Gasteiger partial charge in [0.2, 0.25) is 11.8 Å². The van der Waals surface area contributed by atoms with Crippen LogP contribution in [0.4, 0.5) is 11.4 Å². The highest BCUT2D eigenvalue weighted by Crippen LogP contribution is 2.21. The lowest BCUT2D eigenvalue weighted by molar-refractivity contribution is 0.313. The Hall–Kier alpha value is -2.86. The minimum absolute atomic E-state index is 0.507. The molecule has 1 aliphatic heterocycles. The van der Waals surface area contributed by atoms with Crippen LogP contribution in [-0.2, 0) is 6.54 Å². The highest BCUT2D eigenvalue weighted by Gasteiger charge is 2.14. The zero-order valence-electron chi connectivity index (χ0n) is 15.9. The lowest BCUT2D eigenvalue weighted by atomic mass is 10.1. The molecule has 0 unspecified atom stereocenters. The molecule has 2 aromatic carbocycles. The lowest BCUT2D eigenvalue weighted by Gasteiger charge is -2.34. The summed E-state index contributed by atoms with van der Waals surface area (Å²) in [6.45, 7) is 6.93. The molecule has 1 aromatic heterocycles. The van der Waals surface area contributed by atoms with Crippen LogP contribution in [0.3, 0.4) is 0 Å². The summed E-state index contributed by atoms with van der Waals surface area (Å²) in [7, 11) is 2.17. The van der Waals surface area contributed by atoms with E-state index in [4.69, 9.17) is 4.42 Å². The van der Waals surface area contributed by atoms with Gasteiger partial charge in [0.25, 0.3) is 0 Å². The molecule has 0 aliphatic carbocycles. The molecule has 6 nitrogen and oxygen atoms in total. The summed E-state index contributed by atoms with van der Waals surface area (Å²) in [6, 6.07) is 16.6. The first-order valence-corrected chi connectivity index (χ1v) is 9.34. The summed E-state index contributed by atoms with van der Waals surface area (Å²) in [5, 5.41) is 11.6. The number of hydrogen-bond acceptors (Lipinski definition) is 6. The van der Waals surface area contributed by atoms with Gasteiger partial charge < -0.3 is 19.5 Å². The Morgan fingerprint density at radius 2 is 1.78 bits per heavy atom. The third kappa shape index (κ3) is 4.28. The summed E-state index contributed by atoms with van der Waals surface area (Å²) >= 11 is 0. The molecule has 140 valence electrons. The number of piperazine rings is 1. The van der Waals surface area contributed by atoms with E-state index < -0.39 is 0 Å². The first-order chi connectivity index (χ1) is 13.2. The van der Waals surface area contributed by atoms with Gasteiger partial charge in [0.15, 0.2) is 0 Å². The molecule has 0 bridgehead atoms. The van der Waals surface area contributed by atoms with Crippen LogP contribution in [0.25, 0.3) is 11.5 Å². The highest BCUT2D eigenvalue weighted by molar-refractivity contribution is 5.56. The van der Waals surface area contributed by atoms with Crippen molar-refractivity contribution in [2.45, 2.75) is 13.5 Å². The molecule has 1 fully saturated rings. The van der Waals surface area contributed by atoms with Crippen molar-refractivity contribution < 1.29 is 4.42 Å². The smallest absolute Gasteiger partial charge is 0.247 e. The van der Waals surface area contributed by atoms with Gasteiger partial charge >= 0.3 is 0 Å². The Morgan fingerprint density at radius 3 is 2.52 bits per heavy atom. The second-order valence-electron chi connectivity index (χ2n) is 7.06. The molecule has 0 saturated carbocycles. The van der Waals surface area contributed by atoms with E-state index in [-0.39, 0.29) is 0 Å². The fourth-order valence-corrected chi connectivity index (χ4v) is 3.25. The highest BCUT2D eigenvalue weighted by atomic mass is 16.4. The fraction of sp³-hybridized carbons (Fsp3) is 0.333. The molecule has 27 heavy (non-hydrogen) atoms. The van der Waals surface area contributed by atoms with Crippen LogP contribution in [-0.4, -0.2) is 48.3 Å². The van der Waals surface area contributed by atoms with Gasteiger partial charge in [-0.1, -0.05) is 17.7 Å². The second kappa shape index (κ2) is 7.80. The Kier molecular flexibility index (Phi) is 5.07. The van der Waals surface area contributed by atoms with Crippen molar-refractivity contribution in [1.29, 1.82) is 0 Å². The molecule has 1 aliphatic rings. The Balaban J connectivity index is 1.35. The standard InChI is InChI=1S/C21H25N5O/c1-16-4-3-5-17(14-16)21-24-23-20(27-21)15-22-18-6-8-19(9-7-18)26-12-10-25(2)11-13-26/h3-9,14,22H,10-13,15H2,1-2H3. The number of benzene rings is 2. The van der Waals surface area contributed by atoms with Gasteiger partial charge in [0.1, 0.15) is 0 Å². The van der Waals surface area contributed by atoms with E-state index in [0.29, 0.717) is 18.3 Å². The fourth-order valence-electron chi connectivity index (χ4n) is 3.25. The average Bonchev–Trinajstić information content (AvgIpc) is 3.17. The van der Waals surface area contributed by atoms with Crippen LogP contribution in [0.2, 0.25) is 0 Å². The molecule has 0 atom stereocenters. The topological polar surface area (TPSA) is 57.4 Å². The first-order valence-electron chi connectivity index (χ1n) is 9.34. The zero-order chi connectivity index (χ0) is 18.6.